The monoisotopic (exact) mass is 671 g/mol. The van der Waals surface area contributed by atoms with Crippen molar-refractivity contribution in [2.24, 2.45) is 5.16 Å². The van der Waals surface area contributed by atoms with E-state index in [0.29, 0.717) is 46.6 Å². The van der Waals surface area contributed by atoms with Gasteiger partial charge in [-0.2, -0.15) is 0 Å². The third-order valence-corrected chi connectivity index (χ3v) is 8.67. The van der Waals surface area contributed by atoms with Crippen molar-refractivity contribution in [3.63, 3.8) is 0 Å². The predicted octanol–water partition coefficient (Wildman–Crippen LogP) is 8.19. The second kappa shape index (κ2) is 14.1. The molecule has 0 aliphatic heterocycles. The first-order valence-corrected chi connectivity index (χ1v) is 16.5. The molecule has 2 atom stereocenters. The van der Waals surface area contributed by atoms with E-state index in [4.69, 9.17) is 14.3 Å². The van der Waals surface area contributed by atoms with Gasteiger partial charge in [-0.1, -0.05) is 78.0 Å². The molecule has 9 heteroatoms. The lowest BCUT2D eigenvalue weighted by Gasteiger charge is -2.20. The molecular formula is C41H37NO8. The van der Waals surface area contributed by atoms with Crippen LogP contribution in [0.2, 0.25) is 0 Å². The van der Waals surface area contributed by atoms with Crippen LogP contribution in [0.4, 0.5) is 0 Å². The zero-order valence-electron chi connectivity index (χ0n) is 28.4. The van der Waals surface area contributed by atoms with Crippen LogP contribution in [-0.2, 0) is 9.63 Å². The van der Waals surface area contributed by atoms with Gasteiger partial charge in [0, 0.05) is 39.9 Å². The average Bonchev–Trinajstić information content (AvgIpc) is 3.11. The van der Waals surface area contributed by atoms with Crippen LogP contribution in [0.25, 0.3) is 43.1 Å². The van der Waals surface area contributed by atoms with Gasteiger partial charge in [-0.25, -0.2) is 4.79 Å². The Bertz CT molecular complexity index is 2360. The number of aliphatic hydroxyl groups excluding tert-OH is 2. The van der Waals surface area contributed by atoms with E-state index < -0.39 is 35.5 Å². The molecule has 0 aliphatic carbocycles. The molecule has 9 nitrogen and oxygen atoms in total. The number of carbonyl (C=O) groups excluding carboxylic acids is 3. The number of carbonyl (C=O) groups is 3. The largest absolute Gasteiger partial charge is 0.493 e. The number of nitrogens with zero attached hydrogens (tertiary/aromatic N) is 1. The lowest BCUT2D eigenvalue weighted by atomic mass is 9.89. The summed E-state index contributed by atoms with van der Waals surface area (Å²) in [6.07, 6.45) is -1.84. The molecule has 2 N–H and O–H groups in total. The molecule has 0 radical (unpaired) electrons. The minimum atomic E-state index is -0.954. The summed E-state index contributed by atoms with van der Waals surface area (Å²) in [5, 5.41) is 31.6. The van der Waals surface area contributed by atoms with Crippen molar-refractivity contribution in [1.82, 2.24) is 0 Å². The minimum Gasteiger partial charge on any atom is -0.493 e. The Hall–Kier alpha value is -5.64. The number of hydrogen-bond acceptors (Lipinski definition) is 9. The molecule has 0 spiro atoms. The van der Waals surface area contributed by atoms with Gasteiger partial charge in [0.2, 0.25) is 11.6 Å². The Kier molecular flexibility index (Phi) is 9.63. The molecule has 0 fully saturated rings. The first-order valence-electron chi connectivity index (χ1n) is 16.5. The lowest BCUT2D eigenvalue weighted by Crippen LogP contribution is -2.25. The van der Waals surface area contributed by atoms with Crippen molar-refractivity contribution in [2.45, 2.75) is 46.8 Å². The maximum absolute atomic E-state index is 14.2. The number of benzene rings is 6. The van der Waals surface area contributed by atoms with Gasteiger partial charge in [0.1, 0.15) is 11.5 Å². The Balaban J connectivity index is 1.53. The smallest absolute Gasteiger partial charge is 0.332 e. The SMILES string of the molecule is CCOc1c(C(C)O)c2ccccc2c2ccc(C(=O)C(=NOC(C)=O)C(=O)c3ccc4c(c3)c(C(C)O)c(OCC)c3ccccc34)cc12. The summed E-state index contributed by atoms with van der Waals surface area (Å²) in [4.78, 5) is 45.2. The van der Waals surface area contributed by atoms with Crippen LogP contribution in [0.3, 0.4) is 0 Å². The first kappa shape index (κ1) is 34.2. The van der Waals surface area contributed by atoms with E-state index in [1.807, 2.05) is 62.4 Å². The highest BCUT2D eigenvalue weighted by Gasteiger charge is 2.28. The van der Waals surface area contributed by atoms with Crippen LogP contribution < -0.4 is 9.47 Å². The van der Waals surface area contributed by atoms with Crippen molar-refractivity contribution in [3.05, 3.63) is 107 Å². The molecule has 0 aliphatic rings. The maximum atomic E-state index is 14.2. The third kappa shape index (κ3) is 6.06. The fourth-order valence-electron chi connectivity index (χ4n) is 6.65. The van der Waals surface area contributed by atoms with E-state index in [-0.39, 0.29) is 11.1 Å². The van der Waals surface area contributed by atoms with Crippen molar-refractivity contribution >= 4 is 66.3 Å². The van der Waals surface area contributed by atoms with Crippen LogP contribution in [0.15, 0.2) is 90.1 Å². The number of ketones is 2. The standard InChI is InChI=1S/C41H37NO8/c1-6-48-40-32-15-11-9-13-28(32)29-18-16-25(20-33(29)36(40)23(4)44)38(46)37(42-50-24(5)45)39(47)26-17-19-30-27-12-8-10-14-31(27)35(22(3)43)41(49-7-2)34(30)21-26/h8-23,43-44H,6-7H2,1-5H3. The fourth-order valence-corrected chi connectivity index (χ4v) is 6.65. The molecule has 0 amide bonds. The summed E-state index contributed by atoms with van der Waals surface area (Å²) >= 11 is 0. The number of rotatable bonds is 11. The van der Waals surface area contributed by atoms with Crippen molar-refractivity contribution in [3.8, 4) is 11.5 Å². The van der Waals surface area contributed by atoms with E-state index in [9.17, 15) is 24.6 Å². The summed E-state index contributed by atoms with van der Waals surface area (Å²) in [6.45, 7) is 8.74. The first-order chi connectivity index (χ1) is 24.1. The summed E-state index contributed by atoms with van der Waals surface area (Å²) in [7, 11) is 0. The second-order valence-corrected chi connectivity index (χ2v) is 12.0. The molecule has 0 saturated carbocycles. The molecular weight excluding hydrogens is 634 g/mol. The van der Waals surface area contributed by atoms with Crippen molar-refractivity contribution in [1.29, 1.82) is 0 Å². The van der Waals surface area contributed by atoms with Gasteiger partial charge >= 0.3 is 5.97 Å². The van der Waals surface area contributed by atoms with Crippen LogP contribution >= 0.6 is 0 Å². The summed E-state index contributed by atoms with van der Waals surface area (Å²) in [5.41, 5.74) is 0.652. The van der Waals surface area contributed by atoms with Gasteiger partial charge in [0.15, 0.2) is 5.71 Å². The number of oxime groups is 1. The number of fused-ring (bicyclic) bond motifs is 6. The van der Waals surface area contributed by atoms with E-state index in [0.717, 1.165) is 39.2 Å². The second-order valence-electron chi connectivity index (χ2n) is 12.0. The molecule has 6 aromatic carbocycles. The van der Waals surface area contributed by atoms with Gasteiger partial charge in [0.05, 0.1) is 25.4 Å². The van der Waals surface area contributed by atoms with E-state index >= 15 is 0 Å². The topological polar surface area (TPSA) is 132 Å². The predicted molar refractivity (Wildman–Crippen MR) is 194 cm³/mol. The van der Waals surface area contributed by atoms with Gasteiger partial charge in [-0.05, 0) is 72.1 Å². The van der Waals surface area contributed by atoms with Crippen LogP contribution in [-0.4, -0.2) is 46.7 Å². The third-order valence-electron chi connectivity index (χ3n) is 8.67. The van der Waals surface area contributed by atoms with E-state index in [1.54, 1.807) is 50.2 Å². The summed E-state index contributed by atoms with van der Waals surface area (Å²) in [5.74, 6) is -1.44. The fraction of sp³-hybridized carbons (Fsp3) is 0.220. The van der Waals surface area contributed by atoms with Crippen LogP contribution in [0, 0.1) is 0 Å². The highest BCUT2D eigenvalue weighted by atomic mass is 16.7. The van der Waals surface area contributed by atoms with Gasteiger partial charge in [-0.15, -0.1) is 0 Å². The normalized spacial score (nSPS) is 13.1. The average molecular weight is 672 g/mol. The Morgan fingerprint density at radius 1 is 0.600 bits per heavy atom. The molecule has 0 heterocycles. The molecule has 6 rings (SSSR count). The van der Waals surface area contributed by atoms with E-state index in [1.165, 1.54) is 0 Å². The quantitative estimate of drug-likeness (QED) is 0.0352. The number of Topliss-reactive ketones (excluding diaryl/α,β-unsaturated/α-hetero) is 2. The molecule has 254 valence electrons. The zero-order valence-corrected chi connectivity index (χ0v) is 28.4. The minimum absolute atomic E-state index is 0.0922. The van der Waals surface area contributed by atoms with Gasteiger partial charge < -0.3 is 24.5 Å². The van der Waals surface area contributed by atoms with Crippen molar-refractivity contribution < 1.29 is 38.9 Å². The molecule has 2 unspecified atom stereocenters. The van der Waals surface area contributed by atoms with E-state index in [2.05, 4.69) is 5.16 Å². The molecule has 0 aromatic heterocycles. The van der Waals surface area contributed by atoms with Gasteiger partial charge in [0.25, 0.3) is 0 Å². The Labute approximate surface area is 288 Å². The summed E-state index contributed by atoms with van der Waals surface area (Å²) < 4.78 is 12.1. The molecule has 6 aromatic rings. The number of hydrogen-bond donors (Lipinski definition) is 2. The molecule has 0 saturated heterocycles. The number of aliphatic hydroxyl groups is 2. The number of ether oxygens (including phenoxy) is 2. The highest BCUT2D eigenvalue weighted by molar-refractivity contribution is 6.72. The Morgan fingerprint density at radius 3 is 1.54 bits per heavy atom. The highest BCUT2D eigenvalue weighted by Crippen LogP contribution is 2.43. The van der Waals surface area contributed by atoms with Crippen molar-refractivity contribution in [2.75, 3.05) is 13.2 Å². The zero-order chi connectivity index (χ0) is 35.7. The summed E-state index contributed by atoms with van der Waals surface area (Å²) in [6, 6.07) is 25.1. The van der Waals surface area contributed by atoms with Crippen LogP contribution in [0.1, 0.15) is 78.7 Å². The van der Waals surface area contributed by atoms with Gasteiger partial charge in [-0.3, -0.25) is 9.59 Å². The molecule has 50 heavy (non-hydrogen) atoms. The lowest BCUT2D eigenvalue weighted by molar-refractivity contribution is -0.140. The molecule has 0 bridgehead atoms. The maximum Gasteiger partial charge on any atom is 0.332 e. The Morgan fingerprint density at radius 2 is 1.02 bits per heavy atom. The van der Waals surface area contributed by atoms with Crippen LogP contribution in [0.5, 0.6) is 11.5 Å².